The molecule has 1 atom stereocenters. The van der Waals surface area contributed by atoms with Crippen molar-refractivity contribution in [3.63, 3.8) is 0 Å². The van der Waals surface area contributed by atoms with Gasteiger partial charge in [0, 0.05) is 6.42 Å². The first-order valence-electron chi connectivity index (χ1n) is 13.6. The Morgan fingerprint density at radius 1 is 0.692 bits per heavy atom. The lowest BCUT2D eigenvalue weighted by atomic mass is 10.1. The van der Waals surface area contributed by atoms with Crippen molar-refractivity contribution in [1.29, 1.82) is 0 Å². The number of alkyl halides is 3. The minimum atomic E-state index is -4.50. The van der Waals surface area contributed by atoms with Gasteiger partial charge in [-0.05, 0) is 69.6 Å². The molecule has 1 aromatic rings. The van der Waals surface area contributed by atoms with Gasteiger partial charge in [0.15, 0.2) is 0 Å². The number of allylic oxidation sites excluding steroid dienone is 14. The number of carbonyl (C=O) groups excluding carboxylic acids is 1. The van der Waals surface area contributed by atoms with Crippen molar-refractivity contribution in [3.05, 3.63) is 114 Å². The molecule has 0 bridgehead atoms. The molecule has 6 heteroatoms. The van der Waals surface area contributed by atoms with Crippen molar-refractivity contribution < 1.29 is 27.4 Å². The standard InChI is InChI=1S/C33H39F3O3/c1-2-3-4-5-6-7-8-9-10-11-12-13-14-15-16-17-18-19-20-21-22-23-24-31-38-30-27-28(33(34,35)36)25-26-29(30)32(37)39-31/h3-4,6-7,9-10,12-13,15-16,18-19,21-22,25-27,31H,2,5,8,11,14,17,20,23-24H2,1H3. The van der Waals surface area contributed by atoms with Gasteiger partial charge in [0.25, 0.3) is 0 Å². The number of esters is 1. The van der Waals surface area contributed by atoms with E-state index in [4.69, 9.17) is 9.47 Å². The molecule has 3 nitrogen and oxygen atoms in total. The van der Waals surface area contributed by atoms with Crippen LogP contribution in [0.3, 0.4) is 0 Å². The quantitative estimate of drug-likeness (QED) is 0.155. The number of carbonyl (C=O) groups is 1. The third-order valence-corrected chi connectivity index (χ3v) is 5.63. The zero-order valence-corrected chi connectivity index (χ0v) is 22.6. The Balaban J connectivity index is 1.53. The smallest absolute Gasteiger partial charge is 0.416 e. The summed E-state index contributed by atoms with van der Waals surface area (Å²) in [4.78, 5) is 12.1. The van der Waals surface area contributed by atoms with Gasteiger partial charge in [-0.3, -0.25) is 0 Å². The Labute approximate surface area is 230 Å². The lowest BCUT2D eigenvalue weighted by Gasteiger charge is -2.26. The van der Waals surface area contributed by atoms with Crippen LogP contribution in [0, 0.1) is 0 Å². The first kappa shape index (κ1) is 31.7. The van der Waals surface area contributed by atoms with Crippen molar-refractivity contribution >= 4 is 5.97 Å². The molecule has 0 saturated heterocycles. The topological polar surface area (TPSA) is 35.5 Å². The Kier molecular flexibility index (Phi) is 15.2. The lowest BCUT2D eigenvalue weighted by Crippen LogP contribution is -2.30. The number of ether oxygens (including phenoxy) is 2. The normalized spacial score (nSPS) is 16.6. The van der Waals surface area contributed by atoms with Gasteiger partial charge in [-0.1, -0.05) is 92.0 Å². The minimum Gasteiger partial charge on any atom is -0.454 e. The van der Waals surface area contributed by atoms with E-state index in [-0.39, 0.29) is 11.3 Å². The maximum absolute atomic E-state index is 12.9. The zero-order valence-electron chi connectivity index (χ0n) is 22.6. The molecule has 0 radical (unpaired) electrons. The molecule has 0 aliphatic carbocycles. The summed E-state index contributed by atoms with van der Waals surface area (Å²) in [5.41, 5.74) is -0.849. The fraction of sp³-hybridized carbons (Fsp3) is 0.364. The van der Waals surface area contributed by atoms with Gasteiger partial charge in [-0.2, -0.15) is 13.2 Å². The highest BCUT2D eigenvalue weighted by molar-refractivity contribution is 5.93. The summed E-state index contributed by atoms with van der Waals surface area (Å²) in [5.74, 6) is -0.759. The average molecular weight is 541 g/mol. The zero-order chi connectivity index (χ0) is 28.2. The molecular weight excluding hydrogens is 501 g/mol. The second kappa shape index (κ2) is 18.7. The van der Waals surface area contributed by atoms with Crippen LogP contribution in [0.5, 0.6) is 5.75 Å². The SMILES string of the molecule is CCC=CCC=CCC=CCC=CCC=CCC=CCC=CCCC1OC(=O)c2ccc(C(F)(F)F)cc2O1. The van der Waals surface area contributed by atoms with Crippen LogP contribution < -0.4 is 4.74 Å². The second-order valence-electron chi connectivity index (χ2n) is 8.86. The second-order valence-corrected chi connectivity index (χ2v) is 8.86. The number of halogens is 3. The van der Waals surface area contributed by atoms with Crippen molar-refractivity contribution in [2.24, 2.45) is 0 Å². The largest absolute Gasteiger partial charge is 0.454 e. The number of rotatable bonds is 16. The van der Waals surface area contributed by atoms with Crippen LogP contribution in [0.25, 0.3) is 0 Å². The van der Waals surface area contributed by atoms with E-state index in [9.17, 15) is 18.0 Å². The molecule has 0 N–H and O–H groups in total. The summed E-state index contributed by atoms with van der Waals surface area (Å²) < 4.78 is 49.4. The third kappa shape index (κ3) is 13.7. The monoisotopic (exact) mass is 540 g/mol. The molecule has 1 aliphatic rings. The molecule has 1 heterocycles. The van der Waals surface area contributed by atoms with E-state index in [1.54, 1.807) is 0 Å². The summed E-state index contributed by atoms with van der Waals surface area (Å²) in [6.07, 6.45) is 32.0. The molecule has 0 amide bonds. The molecule has 1 aliphatic heterocycles. The van der Waals surface area contributed by atoms with Crippen molar-refractivity contribution in [1.82, 2.24) is 0 Å². The summed E-state index contributed by atoms with van der Waals surface area (Å²) in [5, 5.41) is 0. The first-order chi connectivity index (χ1) is 18.9. The molecule has 1 aromatic carbocycles. The van der Waals surface area contributed by atoms with Crippen LogP contribution in [0.4, 0.5) is 13.2 Å². The molecule has 2 rings (SSSR count). The summed E-state index contributed by atoms with van der Waals surface area (Å²) in [6, 6.07) is 2.78. The molecule has 39 heavy (non-hydrogen) atoms. The van der Waals surface area contributed by atoms with E-state index < -0.39 is 24.0 Å². The Morgan fingerprint density at radius 2 is 1.15 bits per heavy atom. The highest BCUT2D eigenvalue weighted by Crippen LogP contribution is 2.35. The summed E-state index contributed by atoms with van der Waals surface area (Å²) in [7, 11) is 0. The average Bonchev–Trinajstić information content (AvgIpc) is 2.90. The Hall–Kier alpha value is -3.54. The van der Waals surface area contributed by atoms with E-state index in [2.05, 4.69) is 79.8 Å². The third-order valence-electron chi connectivity index (χ3n) is 5.63. The van der Waals surface area contributed by atoms with Gasteiger partial charge in [0.05, 0.1) is 5.56 Å². The predicted octanol–water partition coefficient (Wildman–Crippen LogP) is 10.0. The Bertz CT molecular complexity index is 1070. The predicted molar refractivity (Wildman–Crippen MR) is 152 cm³/mol. The van der Waals surface area contributed by atoms with E-state index >= 15 is 0 Å². The maximum Gasteiger partial charge on any atom is 0.416 e. The van der Waals surface area contributed by atoms with Crippen molar-refractivity contribution in [2.75, 3.05) is 0 Å². The lowest BCUT2D eigenvalue weighted by molar-refractivity contribution is -0.138. The summed E-state index contributed by atoms with van der Waals surface area (Å²) in [6.45, 7) is 2.14. The van der Waals surface area contributed by atoms with E-state index in [1.807, 2.05) is 12.2 Å². The van der Waals surface area contributed by atoms with E-state index in [0.717, 1.165) is 63.1 Å². The maximum atomic E-state index is 12.9. The molecule has 1 unspecified atom stereocenters. The van der Waals surface area contributed by atoms with Crippen molar-refractivity contribution in [3.8, 4) is 5.75 Å². The van der Waals surface area contributed by atoms with Crippen LogP contribution in [-0.2, 0) is 10.9 Å². The van der Waals surface area contributed by atoms with Gasteiger partial charge in [0.2, 0.25) is 6.29 Å². The van der Waals surface area contributed by atoms with Crippen molar-refractivity contribution in [2.45, 2.75) is 77.2 Å². The van der Waals surface area contributed by atoms with E-state index in [0.29, 0.717) is 12.8 Å². The van der Waals surface area contributed by atoms with E-state index in [1.165, 1.54) is 0 Å². The van der Waals surface area contributed by atoms with Crippen LogP contribution in [0.2, 0.25) is 0 Å². The number of fused-ring (bicyclic) bond motifs is 1. The van der Waals surface area contributed by atoms with Gasteiger partial charge in [-0.25, -0.2) is 4.79 Å². The van der Waals surface area contributed by atoms with Gasteiger partial charge in [0.1, 0.15) is 11.3 Å². The van der Waals surface area contributed by atoms with Crippen LogP contribution in [0.1, 0.15) is 80.6 Å². The van der Waals surface area contributed by atoms with Gasteiger partial charge in [-0.15, -0.1) is 0 Å². The molecule has 0 aromatic heterocycles. The first-order valence-corrected chi connectivity index (χ1v) is 13.6. The van der Waals surface area contributed by atoms with Crippen LogP contribution >= 0.6 is 0 Å². The molecule has 210 valence electrons. The fourth-order valence-corrected chi connectivity index (χ4v) is 3.57. The Morgan fingerprint density at radius 3 is 1.62 bits per heavy atom. The molecule has 0 spiro atoms. The fourth-order valence-electron chi connectivity index (χ4n) is 3.57. The van der Waals surface area contributed by atoms with Gasteiger partial charge >= 0.3 is 12.1 Å². The molecule has 0 fully saturated rings. The number of hydrogen-bond donors (Lipinski definition) is 0. The van der Waals surface area contributed by atoms with Crippen LogP contribution in [0.15, 0.2) is 103 Å². The summed E-state index contributed by atoms with van der Waals surface area (Å²) >= 11 is 0. The van der Waals surface area contributed by atoms with Gasteiger partial charge < -0.3 is 9.47 Å². The number of benzene rings is 1. The minimum absolute atomic E-state index is 0.00689. The molecular formula is C33H39F3O3. The highest BCUT2D eigenvalue weighted by Gasteiger charge is 2.34. The molecule has 0 saturated carbocycles. The number of cyclic esters (lactones) is 1. The highest BCUT2D eigenvalue weighted by atomic mass is 19.4. The number of hydrogen-bond acceptors (Lipinski definition) is 3. The van der Waals surface area contributed by atoms with Crippen LogP contribution in [-0.4, -0.2) is 12.3 Å².